The van der Waals surface area contributed by atoms with Crippen molar-refractivity contribution < 1.29 is 14.5 Å². The normalized spacial score (nSPS) is 18.2. The fourth-order valence-electron chi connectivity index (χ4n) is 3.71. The third-order valence-corrected chi connectivity index (χ3v) is 5.66. The monoisotopic (exact) mass is 451 g/mol. The average Bonchev–Trinajstić information content (AvgIpc) is 2.78. The van der Waals surface area contributed by atoms with Gasteiger partial charge in [-0.15, -0.1) is 0 Å². The molecule has 0 spiro atoms. The van der Waals surface area contributed by atoms with Crippen LogP contribution < -0.4 is 20.4 Å². The molecular weight excluding hydrogens is 430 g/mol. The Morgan fingerprint density at radius 3 is 2.44 bits per heavy atom. The summed E-state index contributed by atoms with van der Waals surface area (Å²) in [5, 5.41) is 17.2. The molecule has 2 fully saturated rings. The molecule has 32 heavy (non-hydrogen) atoms. The predicted molar refractivity (Wildman–Crippen MR) is 126 cm³/mol. The largest absolute Gasteiger partial charge is 0.368 e. The molecule has 2 aromatic carbocycles. The van der Waals surface area contributed by atoms with E-state index in [2.05, 4.69) is 15.5 Å². The molecule has 2 N–H and O–H groups in total. The lowest BCUT2D eigenvalue weighted by molar-refractivity contribution is -0.384. The first-order valence-electron chi connectivity index (χ1n) is 10.1. The lowest BCUT2D eigenvalue weighted by Gasteiger charge is -2.31. The number of nitrogens with one attached hydrogen (secondary N) is 2. The highest BCUT2D eigenvalue weighted by molar-refractivity contribution is 7.80. The van der Waals surface area contributed by atoms with Crippen molar-refractivity contribution in [2.24, 2.45) is 0 Å². The molecule has 2 aliphatic rings. The molecule has 0 atom stereocenters. The van der Waals surface area contributed by atoms with Crippen LogP contribution >= 0.6 is 12.2 Å². The molecule has 0 saturated carbocycles. The van der Waals surface area contributed by atoms with E-state index >= 15 is 0 Å². The van der Waals surface area contributed by atoms with E-state index < -0.39 is 16.7 Å². The van der Waals surface area contributed by atoms with Crippen LogP contribution in [0.25, 0.3) is 6.08 Å². The lowest BCUT2D eigenvalue weighted by Crippen LogP contribution is -2.54. The Hall–Kier alpha value is -3.63. The average molecular weight is 452 g/mol. The van der Waals surface area contributed by atoms with Crippen LogP contribution in [-0.2, 0) is 9.59 Å². The van der Waals surface area contributed by atoms with E-state index in [0.717, 1.165) is 24.3 Å². The van der Waals surface area contributed by atoms with Crippen LogP contribution in [0.2, 0.25) is 0 Å². The number of benzene rings is 2. The third-order valence-electron chi connectivity index (χ3n) is 5.37. The Labute approximate surface area is 189 Å². The third kappa shape index (κ3) is 4.23. The highest BCUT2D eigenvalue weighted by atomic mass is 32.1. The Bertz CT molecular complexity index is 1140. The van der Waals surface area contributed by atoms with Gasteiger partial charge in [-0.2, -0.15) is 0 Å². The zero-order chi connectivity index (χ0) is 22.8. The highest BCUT2D eigenvalue weighted by Gasteiger charge is 2.35. The van der Waals surface area contributed by atoms with Crippen LogP contribution in [-0.4, -0.2) is 48.0 Å². The molecule has 2 aliphatic heterocycles. The van der Waals surface area contributed by atoms with Crippen LogP contribution in [0.4, 0.5) is 17.1 Å². The number of piperazine rings is 1. The summed E-state index contributed by atoms with van der Waals surface area (Å²) >= 11 is 5.24. The fourth-order valence-corrected chi connectivity index (χ4v) is 3.99. The number of anilines is 2. The Morgan fingerprint density at radius 2 is 1.78 bits per heavy atom. The van der Waals surface area contributed by atoms with Crippen LogP contribution in [0, 0.1) is 17.0 Å². The second kappa shape index (κ2) is 8.85. The lowest BCUT2D eigenvalue weighted by atomic mass is 10.0. The van der Waals surface area contributed by atoms with Gasteiger partial charge >= 0.3 is 0 Å². The maximum Gasteiger partial charge on any atom is 0.270 e. The van der Waals surface area contributed by atoms with Crippen LogP contribution in [0.3, 0.4) is 0 Å². The van der Waals surface area contributed by atoms with Crippen molar-refractivity contribution >= 4 is 52.3 Å². The van der Waals surface area contributed by atoms with Crippen LogP contribution in [0.1, 0.15) is 11.1 Å². The van der Waals surface area contributed by atoms with E-state index in [1.54, 1.807) is 18.2 Å². The molecule has 0 aliphatic carbocycles. The molecule has 0 unspecified atom stereocenters. The Balaban J connectivity index is 1.78. The molecule has 9 nitrogen and oxygen atoms in total. The van der Waals surface area contributed by atoms with Gasteiger partial charge in [-0.05, 0) is 43.4 Å². The molecule has 0 bridgehead atoms. The fraction of sp³-hybridized carbons (Fsp3) is 0.227. The first-order valence-corrected chi connectivity index (χ1v) is 10.5. The van der Waals surface area contributed by atoms with Crippen LogP contribution in [0.5, 0.6) is 0 Å². The molecule has 164 valence electrons. The minimum absolute atomic E-state index is 0.0117. The molecule has 2 aromatic rings. The molecular formula is C22H21N5O4S. The summed E-state index contributed by atoms with van der Waals surface area (Å²) in [5.74, 6) is -1.22. The van der Waals surface area contributed by atoms with Crippen molar-refractivity contribution in [1.29, 1.82) is 0 Å². The highest BCUT2D eigenvalue weighted by Crippen LogP contribution is 2.30. The van der Waals surface area contributed by atoms with E-state index in [-0.39, 0.29) is 16.4 Å². The van der Waals surface area contributed by atoms with Gasteiger partial charge in [0.2, 0.25) is 0 Å². The van der Waals surface area contributed by atoms with Gasteiger partial charge in [-0.1, -0.05) is 17.7 Å². The van der Waals surface area contributed by atoms with Gasteiger partial charge in [0, 0.05) is 49.6 Å². The molecule has 2 amide bonds. The van der Waals surface area contributed by atoms with Gasteiger partial charge in [0.15, 0.2) is 5.11 Å². The summed E-state index contributed by atoms with van der Waals surface area (Å²) in [6.45, 7) is 4.86. The van der Waals surface area contributed by atoms with Crippen LogP contribution in [0.15, 0.2) is 48.0 Å². The van der Waals surface area contributed by atoms with E-state index in [1.807, 2.05) is 19.1 Å². The van der Waals surface area contributed by atoms with E-state index in [9.17, 15) is 19.7 Å². The second-order valence-corrected chi connectivity index (χ2v) is 7.92. The maximum absolute atomic E-state index is 13.3. The molecule has 0 radical (unpaired) electrons. The molecule has 2 heterocycles. The predicted octanol–water partition coefficient (Wildman–Crippen LogP) is 2.14. The number of hydrogen-bond acceptors (Lipinski definition) is 7. The Kier molecular flexibility index (Phi) is 5.97. The summed E-state index contributed by atoms with van der Waals surface area (Å²) in [4.78, 5) is 40.2. The van der Waals surface area contributed by atoms with Gasteiger partial charge in [0.25, 0.3) is 17.5 Å². The number of carbonyl (C=O) groups is 2. The van der Waals surface area contributed by atoms with Gasteiger partial charge in [0.05, 0.1) is 10.6 Å². The summed E-state index contributed by atoms with van der Waals surface area (Å²) < 4.78 is 0. The minimum atomic E-state index is -0.638. The summed E-state index contributed by atoms with van der Waals surface area (Å²) in [6.07, 6.45) is 1.41. The van der Waals surface area contributed by atoms with Gasteiger partial charge < -0.3 is 10.2 Å². The molecule has 4 rings (SSSR count). The first kappa shape index (κ1) is 21.6. The van der Waals surface area contributed by atoms with Gasteiger partial charge in [-0.3, -0.25) is 29.9 Å². The van der Waals surface area contributed by atoms with Crippen molar-refractivity contribution in [3.63, 3.8) is 0 Å². The number of carbonyl (C=O) groups excluding carboxylic acids is 2. The number of aryl methyl sites for hydroxylation is 1. The molecule has 0 aromatic heterocycles. The number of hydrogen-bond donors (Lipinski definition) is 2. The number of non-ortho nitro benzene ring substituents is 1. The summed E-state index contributed by atoms with van der Waals surface area (Å²) in [5.41, 5.74) is 2.43. The smallest absolute Gasteiger partial charge is 0.270 e. The van der Waals surface area contributed by atoms with E-state index in [0.29, 0.717) is 24.3 Å². The number of nitro groups is 1. The van der Waals surface area contributed by atoms with Crippen molar-refractivity contribution in [2.75, 3.05) is 36.0 Å². The molecule has 2 saturated heterocycles. The zero-order valence-corrected chi connectivity index (χ0v) is 18.1. The zero-order valence-electron chi connectivity index (χ0n) is 17.3. The topological polar surface area (TPSA) is 108 Å². The van der Waals surface area contributed by atoms with Crippen molar-refractivity contribution in [2.45, 2.75) is 6.92 Å². The number of nitro benzene ring substituents is 1. The number of nitrogens with zero attached hydrogens (tertiary/aromatic N) is 3. The standard InChI is InChI=1S/C22H21N5O4S/c1-14-2-4-16(5-3-14)26-21(29)18(20(28)24-22(26)32)13-15-12-17(27(30)31)6-7-19(15)25-10-8-23-9-11-25/h2-7,12-13,23H,8-11H2,1H3,(H,24,28,32)/b18-13-. The van der Waals surface area contributed by atoms with Gasteiger partial charge in [0.1, 0.15) is 5.57 Å². The first-order chi connectivity index (χ1) is 15.3. The summed E-state index contributed by atoms with van der Waals surface area (Å²) in [7, 11) is 0. The van der Waals surface area contributed by atoms with E-state index in [1.165, 1.54) is 23.1 Å². The number of thiocarbonyl (C=S) groups is 1. The van der Waals surface area contributed by atoms with Crippen molar-refractivity contribution in [3.8, 4) is 0 Å². The second-order valence-electron chi connectivity index (χ2n) is 7.53. The van der Waals surface area contributed by atoms with Crippen molar-refractivity contribution in [3.05, 3.63) is 69.3 Å². The number of rotatable bonds is 4. The van der Waals surface area contributed by atoms with Gasteiger partial charge in [-0.25, -0.2) is 0 Å². The van der Waals surface area contributed by atoms with Crippen molar-refractivity contribution in [1.82, 2.24) is 10.6 Å². The SMILES string of the molecule is Cc1ccc(N2C(=O)/C(=C\c3cc([N+](=O)[O-])ccc3N3CCNCC3)C(=O)NC2=S)cc1. The minimum Gasteiger partial charge on any atom is -0.368 e. The maximum atomic E-state index is 13.3. The number of amides is 2. The Morgan fingerprint density at radius 1 is 1.09 bits per heavy atom. The summed E-state index contributed by atoms with van der Waals surface area (Å²) in [6, 6.07) is 11.6. The molecule has 10 heteroatoms. The quantitative estimate of drug-likeness (QED) is 0.241. The van der Waals surface area contributed by atoms with E-state index in [4.69, 9.17) is 12.2 Å².